The lowest BCUT2D eigenvalue weighted by molar-refractivity contribution is -0.140. The summed E-state index contributed by atoms with van der Waals surface area (Å²) < 4.78 is 0. The summed E-state index contributed by atoms with van der Waals surface area (Å²) in [5.41, 5.74) is 1.14. The highest BCUT2D eigenvalue weighted by molar-refractivity contribution is 5.83. The number of hydrogen-bond donors (Lipinski definition) is 2. The van der Waals surface area contributed by atoms with Gasteiger partial charge in [-0.05, 0) is 55.6 Å². The number of aromatic nitrogens is 1. The van der Waals surface area contributed by atoms with Gasteiger partial charge in [-0.15, -0.1) is 0 Å². The zero-order chi connectivity index (χ0) is 17.4. The maximum atomic E-state index is 12.4. The van der Waals surface area contributed by atoms with Gasteiger partial charge in [0.25, 0.3) is 0 Å². The van der Waals surface area contributed by atoms with E-state index in [-0.39, 0.29) is 24.4 Å². The molecule has 1 heterocycles. The Morgan fingerprint density at radius 1 is 1.28 bits per heavy atom. The Kier molecular flexibility index (Phi) is 4.46. The zero-order valence-electron chi connectivity index (χ0n) is 14.3. The largest absolute Gasteiger partial charge is 0.480 e. The van der Waals surface area contributed by atoms with Gasteiger partial charge in [-0.1, -0.05) is 6.07 Å². The van der Waals surface area contributed by atoms with Crippen LogP contribution < -0.4 is 5.32 Å². The number of nitrogens with one attached hydrogen (secondary N) is 1. The van der Waals surface area contributed by atoms with Crippen LogP contribution in [-0.4, -0.2) is 52.0 Å². The fourth-order valence-corrected chi connectivity index (χ4v) is 3.91. The van der Waals surface area contributed by atoms with Crippen LogP contribution in [0.4, 0.5) is 0 Å². The van der Waals surface area contributed by atoms with Gasteiger partial charge in [-0.25, -0.2) is 0 Å². The lowest BCUT2D eigenvalue weighted by atomic mass is 9.85. The Hall–Kier alpha value is -1.95. The molecule has 0 aromatic carbocycles. The number of rotatable bonds is 8. The van der Waals surface area contributed by atoms with Gasteiger partial charge in [0.1, 0.15) is 0 Å². The van der Waals surface area contributed by atoms with Gasteiger partial charge < -0.3 is 10.4 Å². The molecular formula is C19H25N3O3. The first-order valence-corrected chi connectivity index (χ1v) is 9.26. The number of carbonyl (C=O) groups is 2. The smallest absolute Gasteiger partial charge is 0.317 e. The van der Waals surface area contributed by atoms with Gasteiger partial charge >= 0.3 is 5.97 Å². The monoisotopic (exact) mass is 343 g/mol. The molecule has 0 aliphatic heterocycles. The molecule has 0 spiro atoms. The normalized spacial score (nSPS) is 30.6. The summed E-state index contributed by atoms with van der Waals surface area (Å²) in [6.45, 7) is 1.01. The first-order valence-electron chi connectivity index (χ1n) is 9.26. The van der Waals surface area contributed by atoms with E-state index in [1.807, 2.05) is 18.3 Å². The lowest BCUT2D eigenvalue weighted by Gasteiger charge is -2.42. The molecule has 0 unspecified atom stereocenters. The van der Waals surface area contributed by atoms with Gasteiger partial charge in [0.05, 0.1) is 6.54 Å². The summed E-state index contributed by atoms with van der Waals surface area (Å²) in [7, 11) is 0. The molecule has 3 aliphatic rings. The van der Waals surface area contributed by atoms with E-state index >= 15 is 0 Å². The average molecular weight is 343 g/mol. The minimum Gasteiger partial charge on any atom is -0.480 e. The van der Waals surface area contributed by atoms with E-state index in [1.54, 1.807) is 6.20 Å². The van der Waals surface area contributed by atoms with Crippen LogP contribution in [0.1, 0.15) is 43.6 Å². The van der Waals surface area contributed by atoms with Crippen LogP contribution in [0.3, 0.4) is 0 Å². The van der Waals surface area contributed by atoms with Crippen molar-refractivity contribution in [3.8, 4) is 0 Å². The fraction of sp³-hybridized carbons (Fsp3) is 0.632. The highest BCUT2D eigenvalue weighted by Crippen LogP contribution is 2.47. The van der Waals surface area contributed by atoms with Crippen LogP contribution in [0.25, 0.3) is 0 Å². The van der Waals surface area contributed by atoms with Gasteiger partial charge in [-0.2, -0.15) is 0 Å². The van der Waals surface area contributed by atoms with Gasteiger partial charge in [0, 0.05) is 36.9 Å². The van der Waals surface area contributed by atoms with Crippen LogP contribution in [0.15, 0.2) is 24.5 Å². The van der Waals surface area contributed by atoms with E-state index in [1.165, 1.54) is 12.8 Å². The molecule has 1 amide bonds. The Labute approximate surface area is 147 Å². The topological polar surface area (TPSA) is 82.5 Å². The summed E-state index contributed by atoms with van der Waals surface area (Å²) in [6.07, 6.45) is 8.69. The number of carbonyl (C=O) groups excluding carboxylic acids is 1. The lowest BCUT2D eigenvalue weighted by Crippen LogP contribution is -2.55. The van der Waals surface area contributed by atoms with Crippen LogP contribution in [0.5, 0.6) is 0 Å². The molecule has 6 heteroatoms. The SMILES string of the molecule is O=C(O)CN(CC1CC1)C1CC(NC(=O)[C@@H]2C[C@H]2c2cccnc2)C1. The summed E-state index contributed by atoms with van der Waals surface area (Å²) in [6, 6.07) is 4.45. The van der Waals surface area contributed by atoms with Crippen molar-refractivity contribution in [1.82, 2.24) is 15.2 Å². The predicted molar refractivity (Wildman–Crippen MR) is 92.0 cm³/mol. The number of aliphatic carboxylic acids is 1. The first kappa shape index (κ1) is 16.5. The van der Waals surface area contributed by atoms with Gasteiger partial charge in [-0.3, -0.25) is 19.5 Å². The van der Waals surface area contributed by atoms with Crippen molar-refractivity contribution >= 4 is 11.9 Å². The third-order valence-corrected chi connectivity index (χ3v) is 5.74. The van der Waals surface area contributed by atoms with Crippen LogP contribution in [0.2, 0.25) is 0 Å². The number of nitrogens with zero attached hydrogens (tertiary/aromatic N) is 2. The summed E-state index contributed by atoms with van der Waals surface area (Å²) >= 11 is 0. The van der Waals surface area contributed by atoms with E-state index in [0.29, 0.717) is 17.9 Å². The summed E-state index contributed by atoms with van der Waals surface area (Å²) in [4.78, 5) is 29.7. The van der Waals surface area contributed by atoms with Crippen molar-refractivity contribution in [1.29, 1.82) is 0 Å². The molecule has 0 saturated heterocycles. The molecule has 6 nitrogen and oxygen atoms in total. The van der Waals surface area contributed by atoms with E-state index in [2.05, 4.69) is 15.2 Å². The Morgan fingerprint density at radius 2 is 2.08 bits per heavy atom. The van der Waals surface area contributed by atoms with Crippen molar-refractivity contribution in [3.63, 3.8) is 0 Å². The number of carboxylic acid groups (broad SMARTS) is 1. The summed E-state index contributed by atoms with van der Waals surface area (Å²) in [5, 5.41) is 12.3. The molecule has 1 aromatic heterocycles. The van der Waals surface area contributed by atoms with E-state index in [9.17, 15) is 9.59 Å². The standard InChI is InChI=1S/C19H25N3O3/c23-18(24)11-22(10-12-3-4-12)15-6-14(7-15)21-19(25)17-8-16(17)13-2-1-5-20-9-13/h1-2,5,9,12,14-17H,3-4,6-8,10-11H2,(H,21,25)(H,23,24)/t14?,15?,16-,17+/m0/s1. The van der Waals surface area contributed by atoms with Gasteiger partial charge in [0.15, 0.2) is 0 Å². The van der Waals surface area contributed by atoms with Gasteiger partial charge in [0.2, 0.25) is 5.91 Å². The Balaban J connectivity index is 1.22. The average Bonchev–Trinajstić information content (AvgIpc) is 3.43. The molecule has 0 bridgehead atoms. The molecule has 4 rings (SSSR count). The highest BCUT2D eigenvalue weighted by Gasteiger charge is 2.46. The third kappa shape index (κ3) is 4.00. The molecule has 2 atom stereocenters. The first-order chi connectivity index (χ1) is 12.1. The minimum absolute atomic E-state index is 0.0739. The molecule has 3 saturated carbocycles. The molecular weight excluding hydrogens is 318 g/mol. The van der Waals surface area contributed by atoms with Crippen LogP contribution in [-0.2, 0) is 9.59 Å². The maximum Gasteiger partial charge on any atom is 0.317 e. The number of pyridine rings is 1. The molecule has 2 N–H and O–H groups in total. The number of amides is 1. The second-order valence-electron chi connectivity index (χ2n) is 7.83. The van der Waals surface area contributed by atoms with Crippen LogP contribution in [0, 0.1) is 11.8 Å². The quantitative estimate of drug-likeness (QED) is 0.750. The molecule has 1 aromatic rings. The van der Waals surface area contributed by atoms with E-state index < -0.39 is 5.97 Å². The summed E-state index contributed by atoms with van der Waals surface area (Å²) in [5.74, 6) is 0.446. The van der Waals surface area contributed by atoms with Crippen LogP contribution >= 0.6 is 0 Å². The highest BCUT2D eigenvalue weighted by atomic mass is 16.4. The van der Waals surface area contributed by atoms with E-state index in [0.717, 1.165) is 31.4 Å². The molecule has 134 valence electrons. The molecule has 3 aliphatic carbocycles. The van der Waals surface area contributed by atoms with E-state index in [4.69, 9.17) is 5.11 Å². The molecule has 25 heavy (non-hydrogen) atoms. The van der Waals surface area contributed by atoms with Crippen molar-refractivity contribution < 1.29 is 14.7 Å². The molecule has 0 radical (unpaired) electrons. The Morgan fingerprint density at radius 3 is 2.72 bits per heavy atom. The second-order valence-corrected chi connectivity index (χ2v) is 7.83. The Bertz CT molecular complexity index is 641. The van der Waals surface area contributed by atoms with Crippen molar-refractivity contribution in [2.45, 2.75) is 50.1 Å². The zero-order valence-corrected chi connectivity index (χ0v) is 14.3. The van der Waals surface area contributed by atoms with Crippen molar-refractivity contribution in [3.05, 3.63) is 30.1 Å². The van der Waals surface area contributed by atoms with Crippen molar-refractivity contribution in [2.24, 2.45) is 11.8 Å². The number of hydrogen-bond acceptors (Lipinski definition) is 4. The fourth-order valence-electron chi connectivity index (χ4n) is 3.91. The maximum absolute atomic E-state index is 12.4. The number of carboxylic acids is 1. The second kappa shape index (κ2) is 6.75. The predicted octanol–water partition coefficient (Wildman–Crippen LogP) is 1.63. The third-order valence-electron chi connectivity index (χ3n) is 5.74. The molecule has 3 fully saturated rings. The minimum atomic E-state index is -0.759. The van der Waals surface area contributed by atoms with Crippen molar-refractivity contribution in [2.75, 3.05) is 13.1 Å².